The van der Waals surface area contributed by atoms with Crippen LogP contribution in [0.25, 0.3) is 12.2 Å². The van der Waals surface area contributed by atoms with E-state index in [1.807, 2.05) is 29.7 Å². The molecular formula is C18H22N2O5S. The topological polar surface area (TPSA) is 108 Å². The highest BCUT2D eigenvalue weighted by atomic mass is 32.2. The van der Waals surface area contributed by atoms with Crippen LogP contribution in [0.5, 0.6) is 0 Å². The average Bonchev–Trinajstić information content (AvgIpc) is 2.64. The summed E-state index contributed by atoms with van der Waals surface area (Å²) in [4.78, 5) is -0.216. The van der Waals surface area contributed by atoms with Gasteiger partial charge in [0.05, 0.1) is 6.04 Å². The van der Waals surface area contributed by atoms with Crippen molar-refractivity contribution in [3.8, 4) is 0 Å². The van der Waals surface area contributed by atoms with Crippen molar-refractivity contribution in [2.45, 2.75) is 17.9 Å². The van der Waals surface area contributed by atoms with E-state index < -0.39 is 16.2 Å². The summed E-state index contributed by atoms with van der Waals surface area (Å²) < 4.78 is 37.8. The van der Waals surface area contributed by atoms with Gasteiger partial charge in [0.15, 0.2) is 0 Å². The van der Waals surface area contributed by atoms with Crippen molar-refractivity contribution in [3.05, 3.63) is 59.2 Å². The highest BCUT2D eigenvalue weighted by Gasteiger charge is 2.16. The first-order chi connectivity index (χ1) is 12.3. The Balaban J connectivity index is 2.29. The standard InChI is InChI=1S/C18H22N2O5S/c1-13(20-21)16-8-7-15(18(11-16)26(22,23)24)6-3-14-4-9-17(10-5-14)19-12-25-2/h3-11,13,19-21H,12H2,1-2H3,(H,22,23,24). The molecule has 0 saturated carbocycles. The van der Waals surface area contributed by atoms with Gasteiger partial charge in [0.25, 0.3) is 10.1 Å². The first-order valence-electron chi connectivity index (χ1n) is 7.87. The van der Waals surface area contributed by atoms with Crippen LogP contribution < -0.4 is 10.8 Å². The molecule has 2 aromatic carbocycles. The molecule has 0 fully saturated rings. The van der Waals surface area contributed by atoms with E-state index in [4.69, 9.17) is 9.94 Å². The maximum atomic E-state index is 11.7. The van der Waals surface area contributed by atoms with Crippen LogP contribution in [0.15, 0.2) is 47.4 Å². The summed E-state index contributed by atoms with van der Waals surface area (Å²) in [7, 11) is -2.81. The molecule has 0 radical (unpaired) electrons. The van der Waals surface area contributed by atoms with Crippen molar-refractivity contribution in [1.82, 2.24) is 5.48 Å². The van der Waals surface area contributed by atoms with Gasteiger partial charge in [0.1, 0.15) is 11.6 Å². The second kappa shape index (κ2) is 8.93. The fourth-order valence-corrected chi connectivity index (χ4v) is 3.03. The average molecular weight is 378 g/mol. The van der Waals surface area contributed by atoms with Gasteiger partial charge in [-0.2, -0.15) is 13.9 Å². The molecule has 0 aromatic heterocycles. The number of nitrogens with one attached hydrogen (secondary N) is 2. The Morgan fingerprint density at radius 3 is 2.42 bits per heavy atom. The number of hydrogen-bond donors (Lipinski definition) is 4. The van der Waals surface area contributed by atoms with Crippen molar-refractivity contribution in [3.63, 3.8) is 0 Å². The lowest BCUT2D eigenvalue weighted by atomic mass is 10.1. The maximum absolute atomic E-state index is 11.7. The quantitative estimate of drug-likeness (QED) is 0.242. The number of anilines is 1. The zero-order valence-electron chi connectivity index (χ0n) is 14.5. The smallest absolute Gasteiger partial charge is 0.295 e. The minimum Gasteiger partial charge on any atom is -0.365 e. The normalized spacial score (nSPS) is 13.1. The van der Waals surface area contributed by atoms with Gasteiger partial charge in [-0.05, 0) is 41.8 Å². The van der Waals surface area contributed by atoms with Gasteiger partial charge < -0.3 is 15.3 Å². The van der Waals surface area contributed by atoms with E-state index in [0.717, 1.165) is 11.3 Å². The van der Waals surface area contributed by atoms with Crippen LogP contribution in [-0.2, 0) is 14.9 Å². The lowest BCUT2D eigenvalue weighted by Crippen LogP contribution is -2.14. The van der Waals surface area contributed by atoms with Gasteiger partial charge >= 0.3 is 0 Å². The lowest BCUT2D eigenvalue weighted by Gasteiger charge is -2.12. The minimum absolute atomic E-state index is 0.216. The fraction of sp³-hybridized carbons (Fsp3) is 0.222. The monoisotopic (exact) mass is 378 g/mol. The van der Waals surface area contributed by atoms with Crippen LogP contribution in [0, 0.1) is 0 Å². The maximum Gasteiger partial charge on any atom is 0.295 e. The van der Waals surface area contributed by atoms with Crippen molar-refractivity contribution in [2.24, 2.45) is 0 Å². The zero-order valence-corrected chi connectivity index (χ0v) is 15.3. The number of hydroxylamine groups is 1. The first-order valence-corrected chi connectivity index (χ1v) is 9.31. The third-order valence-corrected chi connectivity index (χ3v) is 4.71. The number of hydrogen-bond acceptors (Lipinski definition) is 6. The first kappa shape index (κ1) is 20.1. The molecule has 0 aliphatic rings. The minimum atomic E-state index is -4.40. The molecule has 7 nitrogen and oxygen atoms in total. The molecule has 140 valence electrons. The fourth-order valence-electron chi connectivity index (χ4n) is 2.31. The number of ether oxygens (including phenoxy) is 1. The molecule has 0 aliphatic carbocycles. The molecule has 0 amide bonds. The van der Waals surface area contributed by atoms with Crippen LogP contribution >= 0.6 is 0 Å². The van der Waals surface area contributed by atoms with Gasteiger partial charge in [0, 0.05) is 12.8 Å². The largest absolute Gasteiger partial charge is 0.365 e. The predicted octanol–water partition coefficient (Wildman–Crippen LogP) is 3.16. The van der Waals surface area contributed by atoms with Crippen molar-refractivity contribution >= 4 is 28.0 Å². The van der Waals surface area contributed by atoms with Gasteiger partial charge in [-0.25, -0.2) is 0 Å². The Morgan fingerprint density at radius 2 is 1.85 bits per heavy atom. The molecule has 0 heterocycles. The van der Waals surface area contributed by atoms with E-state index in [-0.39, 0.29) is 4.90 Å². The van der Waals surface area contributed by atoms with E-state index in [2.05, 4.69) is 5.32 Å². The summed E-state index contributed by atoms with van der Waals surface area (Å²) in [5.41, 5.74) is 4.70. The van der Waals surface area contributed by atoms with Gasteiger partial charge in [-0.15, -0.1) is 0 Å². The summed E-state index contributed by atoms with van der Waals surface area (Å²) in [6, 6.07) is 11.6. The van der Waals surface area contributed by atoms with Crippen LogP contribution in [0.2, 0.25) is 0 Å². The summed E-state index contributed by atoms with van der Waals surface area (Å²) >= 11 is 0. The molecular weight excluding hydrogens is 356 g/mol. The highest BCUT2D eigenvalue weighted by Crippen LogP contribution is 2.23. The van der Waals surface area contributed by atoms with E-state index in [1.165, 1.54) is 6.07 Å². The number of benzene rings is 2. The SMILES string of the molecule is COCNc1ccc(C=Cc2ccc(C(C)NO)cc2S(=O)(=O)O)cc1. The Kier molecular flexibility index (Phi) is 6.90. The van der Waals surface area contributed by atoms with E-state index in [9.17, 15) is 13.0 Å². The highest BCUT2D eigenvalue weighted by molar-refractivity contribution is 7.85. The third kappa shape index (κ3) is 5.38. The third-order valence-electron chi connectivity index (χ3n) is 3.80. The van der Waals surface area contributed by atoms with Crippen molar-refractivity contribution in [2.75, 3.05) is 19.2 Å². The Morgan fingerprint density at radius 1 is 1.15 bits per heavy atom. The van der Waals surface area contributed by atoms with E-state index >= 15 is 0 Å². The number of rotatable bonds is 8. The number of methoxy groups -OCH3 is 1. The van der Waals surface area contributed by atoms with Gasteiger partial charge in [-0.3, -0.25) is 4.55 Å². The molecule has 8 heteroatoms. The summed E-state index contributed by atoms with van der Waals surface area (Å²) in [5, 5.41) is 12.1. The van der Waals surface area contributed by atoms with E-state index in [1.54, 1.807) is 38.3 Å². The van der Waals surface area contributed by atoms with Crippen molar-refractivity contribution in [1.29, 1.82) is 0 Å². The van der Waals surface area contributed by atoms with Gasteiger partial charge in [-0.1, -0.05) is 36.4 Å². The molecule has 0 aliphatic heterocycles. The summed E-state index contributed by atoms with van der Waals surface area (Å²) in [6.07, 6.45) is 3.36. The van der Waals surface area contributed by atoms with Crippen LogP contribution in [-0.4, -0.2) is 32.0 Å². The zero-order chi connectivity index (χ0) is 19.2. The molecule has 0 saturated heterocycles. The summed E-state index contributed by atoms with van der Waals surface area (Å²) in [6.45, 7) is 2.07. The van der Waals surface area contributed by atoms with E-state index in [0.29, 0.717) is 17.9 Å². The molecule has 1 unspecified atom stereocenters. The molecule has 1 atom stereocenters. The second-order valence-electron chi connectivity index (χ2n) is 5.69. The Hall–Kier alpha value is -2.23. The Labute approximate surface area is 153 Å². The molecule has 2 aromatic rings. The second-order valence-corrected chi connectivity index (χ2v) is 7.08. The van der Waals surface area contributed by atoms with Gasteiger partial charge in [0.2, 0.25) is 0 Å². The van der Waals surface area contributed by atoms with Crippen LogP contribution in [0.1, 0.15) is 29.7 Å². The van der Waals surface area contributed by atoms with Crippen LogP contribution in [0.3, 0.4) is 0 Å². The molecule has 4 N–H and O–H groups in total. The predicted molar refractivity (Wildman–Crippen MR) is 100 cm³/mol. The van der Waals surface area contributed by atoms with Crippen LogP contribution in [0.4, 0.5) is 5.69 Å². The molecule has 0 bridgehead atoms. The molecule has 2 rings (SSSR count). The molecule has 26 heavy (non-hydrogen) atoms. The molecule has 0 spiro atoms. The van der Waals surface area contributed by atoms with Crippen molar-refractivity contribution < 1.29 is 22.9 Å². The summed E-state index contributed by atoms with van der Waals surface area (Å²) in [5.74, 6) is 0. The Bertz CT molecular complexity index is 864. The lowest BCUT2D eigenvalue weighted by molar-refractivity contribution is 0.133.